The number of nitrogens with one attached hydrogen (secondary N) is 2. The highest BCUT2D eigenvalue weighted by atomic mass is 16.3. The van der Waals surface area contributed by atoms with Crippen molar-refractivity contribution < 1.29 is 19.8 Å². The Morgan fingerprint density at radius 3 is 2.15 bits per heavy atom. The van der Waals surface area contributed by atoms with Crippen LogP contribution in [0.2, 0.25) is 0 Å². The van der Waals surface area contributed by atoms with Gasteiger partial charge in [0, 0.05) is 30.1 Å². The number of hydrogen-bond donors (Lipinski definition) is 4. The molecule has 0 fully saturated rings. The maximum atomic E-state index is 13.5. The normalized spacial score (nSPS) is 12.7. The maximum Gasteiger partial charge on any atom is 0.251 e. The van der Waals surface area contributed by atoms with Crippen LogP contribution in [0.25, 0.3) is 0 Å². The van der Waals surface area contributed by atoms with Crippen LogP contribution >= 0.6 is 0 Å². The zero-order valence-corrected chi connectivity index (χ0v) is 25.0. The third-order valence-electron chi connectivity index (χ3n) is 7.52. The van der Waals surface area contributed by atoms with Gasteiger partial charge in [0.25, 0.3) is 5.91 Å². The van der Waals surface area contributed by atoms with Gasteiger partial charge in [-0.3, -0.25) is 9.59 Å². The average molecular weight is 559 g/mol. The Bertz CT molecular complexity index is 1270. The molecule has 3 rings (SSSR count). The minimum absolute atomic E-state index is 0.0455. The van der Waals surface area contributed by atoms with Crippen molar-refractivity contribution in [2.45, 2.75) is 84.9 Å². The van der Waals surface area contributed by atoms with Crippen molar-refractivity contribution in [3.05, 3.63) is 100 Å². The molecule has 0 aliphatic heterocycles. The Kier molecular flexibility index (Phi) is 12.6. The molecule has 3 aromatic rings. The highest BCUT2D eigenvalue weighted by Gasteiger charge is 2.24. The van der Waals surface area contributed by atoms with Gasteiger partial charge in [-0.15, -0.1) is 0 Å². The summed E-state index contributed by atoms with van der Waals surface area (Å²) in [6, 6.07) is 19.8. The summed E-state index contributed by atoms with van der Waals surface area (Å²) in [7, 11) is 0. The molecular weight excluding hydrogens is 512 g/mol. The third-order valence-corrected chi connectivity index (χ3v) is 7.52. The summed E-state index contributed by atoms with van der Waals surface area (Å²) in [6.45, 7) is 9.07. The Morgan fingerprint density at radius 2 is 1.49 bits per heavy atom. The number of amides is 1. The van der Waals surface area contributed by atoms with E-state index in [1.54, 1.807) is 36.4 Å². The third kappa shape index (κ3) is 9.83. The Labute approximate surface area is 245 Å². The van der Waals surface area contributed by atoms with Crippen molar-refractivity contribution in [1.29, 1.82) is 0 Å². The minimum atomic E-state index is -0.869. The summed E-state index contributed by atoms with van der Waals surface area (Å²) in [6.07, 6.45) is 4.01. The first-order chi connectivity index (χ1) is 19.7. The van der Waals surface area contributed by atoms with Gasteiger partial charge < -0.3 is 20.8 Å². The molecule has 0 saturated carbocycles. The van der Waals surface area contributed by atoms with Crippen LogP contribution in [-0.4, -0.2) is 40.6 Å². The molecular formula is C35H46N2O4. The first-order valence-electron chi connectivity index (χ1n) is 14.9. The fourth-order valence-corrected chi connectivity index (χ4v) is 5.28. The van der Waals surface area contributed by atoms with Crippen molar-refractivity contribution in [2.75, 3.05) is 6.54 Å². The van der Waals surface area contributed by atoms with Gasteiger partial charge >= 0.3 is 0 Å². The number of hydrogen-bond acceptors (Lipinski definition) is 5. The molecule has 220 valence electrons. The lowest BCUT2D eigenvalue weighted by Crippen LogP contribution is -2.48. The molecule has 6 heteroatoms. The number of aromatic hydroxyl groups is 1. The molecule has 41 heavy (non-hydrogen) atoms. The van der Waals surface area contributed by atoms with Gasteiger partial charge in [-0.2, -0.15) is 0 Å². The first-order valence-corrected chi connectivity index (χ1v) is 14.9. The molecule has 0 aromatic heterocycles. The van der Waals surface area contributed by atoms with E-state index >= 15 is 0 Å². The molecule has 2 atom stereocenters. The second-order valence-electron chi connectivity index (χ2n) is 11.0. The van der Waals surface area contributed by atoms with E-state index in [0.29, 0.717) is 24.1 Å². The summed E-state index contributed by atoms with van der Waals surface area (Å²) < 4.78 is 0. The van der Waals surface area contributed by atoms with Crippen LogP contribution in [0.4, 0.5) is 0 Å². The SMILES string of the molecule is CCCC(CCC)C(=O)c1cc(C)cc(C(=O)NC(Cc2ccc(O)cc2)C(O)CNCc2cccc(CC)c2)c1. The van der Waals surface area contributed by atoms with E-state index in [1.165, 1.54) is 5.56 Å². The van der Waals surface area contributed by atoms with Gasteiger partial charge in [0.05, 0.1) is 12.1 Å². The van der Waals surface area contributed by atoms with Crippen LogP contribution in [0.1, 0.15) is 89.4 Å². The van der Waals surface area contributed by atoms with Gasteiger partial charge in [0.1, 0.15) is 5.75 Å². The number of ketones is 1. The summed E-state index contributed by atoms with van der Waals surface area (Å²) in [5.41, 5.74) is 5.09. The molecule has 6 nitrogen and oxygen atoms in total. The first kappa shape index (κ1) is 32.0. The molecule has 0 spiro atoms. The molecule has 4 N–H and O–H groups in total. The summed E-state index contributed by atoms with van der Waals surface area (Å²) in [4.78, 5) is 26.9. The second kappa shape index (κ2) is 16.1. The van der Waals surface area contributed by atoms with E-state index in [2.05, 4.69) is 49.6 Å². The van der Waals surface area contributed by atoms with Crippen molar-refractivity contribution in [1.82, 2.24) is 10.6 Å². The lowest BCUT2D eigenvalue weighted by molar-refractivity contribution is 0.0829. The second-order valence-corrected chi connectivity index (χ2v) is 11.0. The molecule has 0 heterocycles. The lowest BCUT2D eigenvalue weighted by atomic mass is 9.88. The van der Waals surface area contributed by atoms with E-state index in [4.69, 9.17) is 0 Å². The molecule has 0 bridgehead atoms. The Balaban J connectivity index is 1.77. The number of carbonyl (C=O) groups excluding carboxylic acids is 2. The van der Waals surface area contributed by atoms with Crippen LogP contribution in [0, 0.1) is 12.8 Å². The van der Waals surface area contributed by atoms with E-state index in [1.807, 2.05) is 19.1 Å². The number of aliphatic hydroxyl groups is 1. The molecule has 3 aromatic carbocycles. The fourth-order valence-electron chi connectivity index (χ4n) is 5.28. The zero-order valence-electron chi connectivity index (χ0n) is 25.0. The van der Waals surface area contributed by atoms with Crippen LogP contribution in [0.15, 0.2) is 66.7 Å². The monoisotopic (exact) mass is 558 g/mol. The molecule has 0 saturated heterocycles. The van der Waals surface area contributed by atoms with Gasteiger partial charge in [0.15, 0.2) is 5.78 Å². The molecule has 1 amide bonds. The number of phenolic OH excluding ortho intramolecular Hbond substituents is 1. The fraction of sp³-hybridized carbons (Fsp3) is 0.429. The maximum absolute atomic E-state index is 13.5. The summed E-state index contributed by atoms with van der Waals surface area (Å²) in [5.74, 6) is -0.129. The zero-order chi connectivity index (χ0) is 29.8. The molecule has 0 aliphatic rings. The molecule has 0 radical (unpaired) electrons. The number of carbonyl (C=O) groups is 2. The number of aryl methyl sites for hydroxylation is 2. The number of aliphatic hydroxyl groups excluding tert-OH is 1. The number of rotatable bonds is 16. The van der Waals surface area contributed by atoms with Crippen molar-refractivity contribution >= 4 is 11.7 Å². The van der Waals surface area contributed by atoms with Gasteiger partial charge in [0.2, 0.25) is 0 Å². The number of benzene rings is 3. The number of Topliss-reactive ketones (excluding diaryl/α,β-unsaturated/α-hetero) is 1. The predicted molar refractivity (Wildman–Crippen MR) is 165 cm³/mol. The molecule has 2 unspecified atom stereocenters. The van der Waals surface area contributed by atoms with Crippen LogP contribution in [0.5, 0.6) is 5.75 Å². The van der Waals surface area contributed by atoms with E-state index < -0.39 is 12.1 Å². The minimum Gasteiger partial charge on any atom is -0.508 e. The van der Waals surface area contributed by atoms with Crippen LogP contribution < -0.4 is 10.6 Å². The van der Waals surface area contributed by atoms with E-state index in [0.717, 1.165) is 48.8 Å². The van der Waals surface area contributed by atoms with E-state index in [9.17, 15) is 19.8 Å². The summed E-state index contributed by atoms with van der Waals surface area (Å²) >= 11 is 0. The molecule has 0 aliphatic carbocycles. The van der Waals surface area contributed by atoms with Gasteiger partial charge in [-0.05, 0) is 85.2 Å². The van der Waals surface area contributed by atoms with Crippen molar-refractivity contribution in [3.63, 3.8) is 0 Å². The topological polar surface area (TPSA) is 98.7 Å². The van der Waals surface area contributed by atoms with E-state index in [-0.39, 0.29) is 29.9 Å². The van der Waals surface area contributed by atoms with Crippen LogP contribution in [0.3, 0.4) is 0 Å². The van der Waals surface area contributed by atoms with Crippen molar-refractivity contribution in [2.24, 2.45) is 5.92 Å². The standard InChI is InChI=1S/C35H46N2O4/c1-5-9-28(10-6-2)34(40)29-17-24(4)18-30(21-29)35(41)37-32(20-26-13-15-31(38)16-14-26)33(39)23-36-22-27-12-8-11-25(7-3)19-27/h8,11-19,21,28,32-33,36,38-39H,5-7,9-10,20,22-23H2,1-4H3,(H,37,41). The van der Waals surface area contributed by atoms with Crippen LogP contribution in [-0.2, 0) is 19.4 Å². The number of phenols is 1. The lowest BCUT2D eigenvalue weighted by Gasteiger charge is -2.25. The highest BCUT2D eigenvalue weighted by Crippen LogP contribution is 2.22. The average Bonchev–Trinajstić information content (AvgIpc) is 2.97. The quantitative estimate of drug-likeness (QED) is 0.158. The van der Waals surface area contributed by atoms with Gasteiger partial charge in [-0.1, -0.05) is 70.0 Å². The highest BCUT2D eigenvalue weighted by molar-refractivity contribution is 6.02. The Hall–Kier alpha value is -3.48. The van der Waals surface area contributed by atoms with Gasteiger partial charge in [-0.25, -0.2) is 0 Å². The smallest absolute Gasteiger partial charge is 0.251 e. The largest absolute Gasteiger partial charge is 0.508 e. The predicted octanol–water partition coefficient (Wildman–Crippen LogP) is 6.15. The van der Waals surface area contributed by atoms with Crippen molar-refractivity contribution in [3.8, 4) is 5.75 Å². The Morgan fingerprint density at radius 1 is 0.829 bits per heavy atom. The summed E-state index contributed by atoms with van der Waals surface area (Å²) in [5, 5.41) is 27.3.